The van der Waals surface area contributed by atoms with Crippen LogP contribution in [0.2, 0.25) is 0 Å². The Morgan fingerprint density at radius 2 is 2.24 bits per heavy atom. The van der Waals surface area contributed by atoms with Crippen LogP contribution in [-0.2, 0) is 20.8 Å². The second-order valence-corrected chi connectivity index (χ2v) is 6.66. The standard InChI is InChI=1S/C19H20FN3O6/c1-11(18(24)26-2)29-13-3-4-14-15(7-13)27-6-5-22-9-16(21-17(14)22)23-12(8-20)10-28-19(23)25/h3-4,7,9,11-12H,5-6,8,10H2,1-2H3/t11-,12+/m0/s1. The maximum absolute atomic E-state index is 13.3. The summed E-state index contributed by atoms with van der Waals surface area (Å²) in [5.41, 5.74) is 0.691. The van der Waals surface area contributed by atoms with Crippen molar-refractivity contribution >= 4 is 17.9 Å². The van der Waals surface area contributed by atoms with Crippen molar-refractivity contribution in [1.29, 1.82) is 0 Å². The van der Waals surface area contributed by atoms with Crippen LogP contribution in [0.1, 0.15) is 6.92 Å². The van der Waals surface area contributed by atoms with Gasteiger partial charge in [0, 0.05) is 12.3 Å². The number of fused-ring (bicyclic) bond motifs is 3. The molecule has 1 amide bonds. The topological polar surface area (TPSA) is 92.1 Å². The molecule has 4 rings (SSSR count). The Morgan fingerprint density at radius 3 is 3.00 bits per heavy atom. The molecule has 154 valence electrons. The number of anilines is 1. The van der Waals surface area contributed by atoms with Crippen molar-refractivity contribution in [3.05, 3.63) is 24.4 Å². The maximum atomic E-state index is 13.3. The summed E-state index contributed by atoms with van der Waals surface area (Å²) in [7, 11) is 1.30. The minimum absolute atomic E-state index is 0.00367. The van der Waals surface area contributed by atoms with E-state index in [2.05, 4.69) is 9.72 Å². The molecule has 0 unspecified atom stereocenters. The number of carbonyl (C=O) groups is 2. The number of imidazole rings is 1. The molecule has 2 aliphatic rings. The Balaban J connectivity index is 1.65. The molecular weight excluding hydrogens is 385 g/mol. The third-order valence-electron chi connectivity index (χ3n) is 4.78. The second kappa shape index (κ2) is 7.61. The van der Waals surface area contributed by atoms with Gasteiger partial charge in [0.25, 0.3) is 0 Å². The normalized spacial score (nSPS) is 18.8. The number of cyclic esters (lactones) is 1. The van der Waals surface area contributed by atoms with Crippen molar-refractivity contribution in [3.63, 3.8) is 0 Å². The molecule has 0 saturated carbocycles. The molecule has 0 N–H and O–H groups in total. The van der Waals surface area contributed by atoms with Crippen LogP contribution in [0.4, 0.5) is 15.0 Å². The predicted octanol–water partition coefficient (Wildman–Crippen LogP) is 2.18. The summed E-state index contributed by atoms with van der Waals surface area (Å²) in [4.78, 5) is 29.4. The lowest BCUT2D eigenvalue weighted by atomic mass is 10.2. The maximum Gasteiger partial charge on any atom is 0.416 e. The Morgan fingerprint density at radius 1 is 1.41 bits per heavy atom. The summed E-state index contributed by atoms with van der Waals surface area (Å²) in [6.45, 7) is 1.73. The molecule has 29 heavy (non-hydrogen) atoms. The van der Waals surface area contributed by atoms with Crippen molar-refractivity contribution < 1.29 is 32.9 Å². The number of rotatable bonds is 5. The fraction of sp³-hybridized carbons (Fsp3) is 0.421. The highest BCUT2D eigenvalue weighted by molar-refractivity contribution is 5.89. The number of nitrogens with zero attached hydrogens (tertiary/aromatic N) is 3. The molecule has 2 aromatic rings. The summed E-state index contributed by atoms with van der Waals surface area (Å²) in [6, 6.07) is 4.44. The molecule has 0 aliphatic carbocycles. The van der Waals surface area contributed by atoms with E-state index >= 15 is 0 Å². The van der Waals surface area contributed by atoms with Gasteiger partial charge in [-0.15, -0.1) is 0 Å². The molecule has 10 heteroatoms. The number of ether oxygens (including phenoxy) is 4. The molecular formula is C19H20FN3O6. The number of benzene rings is 1. The van der Waals surface area contributed by atoms with Crippen molar-refractivity contribution in [2.24, 2.45) is 0 Å². The number of alkyl halides is 1. The molecule has 2 atom stereocenters. The average Bonchev–Trinajstić information content (AvgIpc) is 3.26. The van der Waals surface area contributed by atoms with E-state index in [1.54, 1.807) is 31.3 Å². The predicted molar refractivity (Wildman–Crippen MR) is 98.9 cm³/mol. The Hall–Kier alpha value is -3.30. The number of hydrogen-bond acceptors (Lipinski definition) is 7. The minimum Gasteiger partial charge on any atom is -0.491 e. The zero-order chi connectivity index (χ0) is 20.5. The minimum atomic E-state index is -0.767. The summed E-state index contributed by atoms with van der Waals surface area (Å²) in [5, 5.41) is 0. The van der Waals surface area contributed by atoms with Gasteiger partial charge in [-0.1, -0.05) is 0 Å². The fourth-order valence-corrected chi connectivity index (χ4v) is 3.31. The number of amides is 1. The van der Waals surface area contributed by atoms with Gasteiger partial charge in [-0.05, 0) is 19.1 Å². The van der Waals surface area contributed by atoms with Crippen LogP contribution in [0.15, 0.2) is 24.4 Å². The highest BCUT2D eigenvalue weighted by Crippen LogP contribution is 2.37. The Labute approximate surface area is 165 Å². The number of halogens is 1. The van der Waals surface area contributed by atoms with Crippen LogP contribution in [0.3, 0.4) is 0 Å². The van der Waals surface area contributed by atoms with E-state index in [4.69, 9.17) is 14.2 Å². The SMILES string of the molecule is COC(=O)[C@H](C)Oc1ccc2c(c1)OCCn1cc(N3C(=O)OC[C@H]3CF)nc1-2. The van der Waals surface area contributed by atoms with Crippen LogP contribution in [0, 0.1) is 0 Å². The lowest BCUT2D eigenvalue weighted by molar-refractivity contribution is -0.147. The molecule has 0 spiro atoms. The molecule has 1 saturated heterocycles. The summed E-state index contributed by atoms with van der Waals surface area (Å²) >= 11 is 0. The van der Waals surface area contributed by atoms with Crippen LogP contribution < -0.4 is 14.4 Å². The molecule has 1 fully saturated rings. The quantitative estimate of drug-likeness (QED) is 0.704. The van der Waals surface area contributed by atoms with Crippen LogP contribution in [-0.4, -0.2) is 60.8 Å². The highest BCUT2D eigenvalue weighted by Gasteiger charge is 2.36. The first-order chi connectivity index (χ1) is 14.0. The third-order valence-corrected chi connectivity index (χ3v) is 4.78. The molecule has 2 aliphatic heterocycles. The van der Waals surface area contributed by atoms with E-state index in [0.29, 0.717) is 41.9 Å². The van der Waals surface area contributed by atoms with Crippen LogP contribution in [0.25, 0.3) is 11.4 Å². The van der Waals surface area contributed by atoms with Gasteiger partial charge in [-0.3, -0.25) is 4.90 Å². The molecule has 0 radical (unpaired) electrons. The third kappa shape index (κ3) is 3.45. The molecule has 3 heterocycles. The largest absolute Gasteiger partial charge is 0.491 e. The van der Waals surface area contributed by atoms with Crippen molar-refractivity contribution in [2.45, 2.75) is 25.6 Å². The molecule has 9 nitrogen and oxygen atoms in total. The van der Waals surface area contributed by atoms with Crippen molar-refractivity contribution in [2.75, 3.05) is 31.9 Å². The first-order valence-corrected chi connectivity index (χ1v) is 9.12. The van der Waals surface area contributed by atoms with E-state index < -0.39 is 30.9 Å². The van der Waals surface area contributed by atoms with Gasteiger partial charge < -0.3 is 23.5 Å². The van der Waals surface area contributed by atoms with E-state index in [0.717, 1.165) is 0 Å². The molecule has 0 bridgehead atoms. The number of methoxy groups -OCH3 is 1. The zero-order valence-corrected chi connectivity index (χ0v) is 16.0. The van der Waals surface area contributed by atoms with Crippen LogP contribution >= 0.6 is 0 Å². The summed E-state index contributed by atoms with van der Waals surface area (Å²) in [5.74, 6) is 1.40. The average molecular weight is 405 g/mol. The summed E-state index contributed by atoms with van der Waals surface area (Å²) in [6.07, 6.45) is 0.307. The van der Waals surface area contributed by atoms with E-state index in [1.165, 1.54) is 12.0 Å². The smallest absolute Gasteiger partial charge is 0.416 e. The summed E-state index contributed by atoms with van der Waals surface area (Å²) < 4.78 is 36.1. The van der Waals surface area contributed by atoms with Crippen molar-refractivity contribution in [3.8, 4) is 22.9 Å². The number of aromatic nitrogens is 2. The molecule has 1 aromatic heterocycles. The van der Waals surface area contributed by atoms with Gasteiger partial charge in [0.05, 0.1) is 19.2 Å². The van der Waals surface area contributed by atoms with E-state index in [1.807, 2.05) is 4.57 Å². The number of esters is 1. The van der Waals surface area contributed by atoms with Gasteiger partial charge in [0.15, 0.2) is 11.9 Å². The lowest BCUT2D eigenvalue weighted by Crippen LogP contribution is -2.35. The Kier molecular flexibility index (Phi) is 4.99. The van der Waals surface area contributed by atoms with Crippen molar-refractivity contribution in [1.82, 2.24) is 9.55 Å². The second-order valence-electron chi connectivity index (χ2n) is 6.66. The Bertz CT molecular complexity index is 946. The monoisotopic (exact) mass is 405 g/mol. The zero-order valence-electron chi connectivity index (χ0n) is 16.0. The molecule has 1 aromatic carbocycles. The van der Waals surface area contributed by atoms with Gasteiger partial charge in [-0.2, -0.15) is 0 Å². The van der Waals surface area contributed by atoms with Gasteiger partial charge in [-0.25, -0.2) is 19.0 Å². The fourth-order valence-electron chi connectivity index (χ4n) is 3.31. The van der Waals surface area contributed by atoms with Crippen LogP contribution in [0.5, 0.6) is 11.5 Å². The number of hydrogen-bond donors (Lipinski definition) is 0. The number of carbonyl (C=O) groups excluding carboxylic acids is 2. The first kappa shape index (κ1) is 19.0. The first-order valence-electron chi connectivity index (χ1n) is 9.12. The van der Waals surface area contributed by atoms with Gasteiger partial charge >= 0.3 is 12.1 Å². The van der Waals surface area contributed by atoms with Gasteiger partial charge in [0.1, 0.15) is 43.3 Å². The van der Waals surface area contributed by atoms with Gasteiger partial charge in [0.2, 0.25) is 0 Å². The lowest BCUT2D eigenvalue weighted by Gasteiger charge is -2.16. The van der Waals surface area contributed by atoms with E-state index in [9.17, 15) is 14.0 Å². The van der Waals surface area contributed by atoms with E-state index in [-0.39, 0.29) is 6.61 Å². The highest BCUT2D eigenvalue weighted by atomic mass is 19.1.